The van der Waals surface area contributed by atoms with Crippen LogP contribution in [0.2, 0.25) is 0 Å². The zero-order valence-corrected chi connectivity index (χ0v) is 19.3. The van der Waals surface area contributed by atoms with Crippen molar-refractivity contribution in [2.45, 2.75) is 39.3 Å². The second kappa shape index (κ2) is 10.3. The Morgan fingerprint density at radius 2 is 1.65 bits per heavy atom. The number of carbonyl (C=O) groups is 3. The van der Waals surface area contributed by atoms with Crippen LogP contribution in [0, 0.1) is 13.8 Å². The maximum absolute atomic E-state index is 12.9. The van der Waals surface area contributed by atoms with Gasteiger partial charge in [-0.1, -0.05) is 72.3 Å². The molecule has 0 bridgehead atoms. The Hall–Kier alpha value is -3.93. The lowest BCUT2D eigenvalue weighted by molar-refractivity contribution is -0.128. The van der Waals surface area contributed by atoms with E-state index in [0.29, 0.717) is 12.0 Å². The van der Waals surface area contributed by atoms with Crippen LogP contribution in [0.25, 0.3) is 0 Å². The van der Waals surface area contributed by atoms with Gasteiger partial charge in [0.25, 0.3) is 0 Å². The zero-order valence-electron chi connectivity index (χ0n) is 19.3. The third kappa shape index (κ3) is 5.52. The molecule has 0 aliphatic carbocycles. The van der Waals surface area contributed by atoms with Gasteiger partial charge in [-0.05, 0) is 48.6 Å². The first-order valence-corrected chi connectivity index (χ1v) is 11.3. The van der Waals surface area contributed by atoms with Crippen molar-refractivity contribution in [2.75, 3.05) is 6.61 Å². The van der Waals surface area contributed by atoms with E-state index in [0.717, 1.165) is 27.8 Å². The highest BCUT2D eigenvalue weighted by Crippen LogP contribution is 2.19. The van der Waals surface area contributed by atoms with E-state index in [9.17, 15) is 14.4 Å². The van der Waals surface area contributed by atoms with E-state index >= 15 is 0 Å². The number of hydrogen-bond donors (Lipinski definition) is 0. The molecule has 1 heterocycles. The molecule has 1 aliphatic rings. The third-order valence-corrected chi connectivity index (χ3v) is 5.89. The summed E-state index contributed by atoms with van der Waals surface area (Å²) in [6, 6.07) is 22.3. The summed E-state index contributed by atoms with van der Waals surface area (Å²) < 4.78 is 10.6. The highest BCUT2D eigenvalue weighted by molar-refractivity contribution is 5.94. The topological polar surface area (TPSA) is 72.9 Å². The van der Waals surface area contributed by atoms with Crippen molar-refractivity contribution in [1.29, 1.82) is 0 Å². The van der Waals surface area contributed by atoms with Gasteiger partial charge in [-0.15, -0.1) is 0 Å². The van der Waals surface area contributed by atoms with Gasteiger partial charge >= 0.3 is 12.1 Å². The number of imide groups is 1. The molecule has 1 fully saturated rings. The number of cyclic esters (lactones) is 1. The zero-order chi connectivity index (χ0) is 24.1. The van der Waals surface area contributed by atoms with Gasteiger partial charge in [0.2, 0.25) is 5.91 Å². The monoisotopic (exact) mass is 457 g/mol. The second-order valence-corrected chi connectivity index (χ2v) is 8.57. The van der Waals surface area contributed by atoms with Crippen LogP contribution in [-0.2, 0) is 33.7 Å². The molecule has 1 aliphatic heterocycles. The molecule has 4 rings (SSSR count). The summed E-state index contributed by atoms with van der Waals surface area (Å²) >= 11 is 0. The fourth-order valence-corrected chi connectivity index (χ4v) is 4.08. The lowest BCUT2D eigenvalue weighted by Crippen LogP contribution is -2.41. The molecule has 0 saturated carbocycles. The van der Waals surface area contributed by atoms with E-state index in [1.54, 1.807) is 6.07 Å². The van der Waals surface area contributed by atoms with Gasteiger partial charge in [0.15, 0.2) is 0 Å². The predicted molar refractivity (Wildman–Crippen MR) is 127 cm³/mol. The Morgan fingerprint density at radius 1 is 0.941 bits per heavy atom. The van der Waals surface area contributed by atoms with Gasteiger partial charge in [-0.25, -0.2) is 14.5 Å². The van der Waals surface area contributed by atoms with Crippen molar-refractivity contribution in [3.05, 3.63) is 106 Å². The van der Waals surface area contributed by atoms with Gasteiger partial charge < -0.3 is 9.47 Å². The average molecular weight is 458 g/mol. The number of benzene rings is 3. The lowest BCUT2D eigenvalue weighted by Gasteiger charge is -2.19. The van der Waals surface area contributed by atoms with Gasteiger partial charge in [0, 0.05) is 0 Å². The molecular formula is C28H27NO5. The summed E-state index contributed by atoms with van der Waals surface area (Å²) in [5.41, 5.74) is 5.15. The summed E-state index contributed by atoms with van der Waals surface area (Å²) in [5, 5.41) is 0. The minimum Gasteiger partial charge on any atom is -0.457 e. The van der Waals surface area contributed by atoms with Crippen LogP contribution >= 0.6 is 0 Å². The number of amides is 2. The van der Waals surface area contributed by atoms with Gasteiger partial charge in [-0.3, -0.25) is 4.79 Å². The molecule has 3 aromatic carbocycles. The Kier molecular flexibility index (Phi) is 7.07. The fraction of sp³-hybridized carbons (Fsp3) is 0.250. The molecule has 0 N–H and O–H groups in total. The van der Waals surface area contributed by atoms with Crippen molar-refractivity contribution < 1.29 is 23.9 Å². The Labute approximate surface area is 199 Å². The van der Waals surface area contributed by atoms with E-state index in [2.05, 4.69) is 0 Å². The molecule has 6 nitrogen and oxygen atoms in total. The van der Waals surface area contributed by atoms with Crippen LogP contribution in [0.1, 0.15) is 38.2 Å². The first-order valence-electron chi connectivity index (χ1n) is 11.3. The fourth-order valence-electron chi connectivity index (χ4n) is 4.08. The Bertz CT molecular complexity index is 1190. The lowest BCUT2D eigenvalue weighted by atomic mass is 10.0. The first kappa shape index (κ1) is 23.2. The minimum absolute atomic E-state index is 0.0863. The number of rotatable bonds is 7. The summed E-state index contributed by atoms with van der Waals surface area (Å²) in [7, 11) is 0. The summed E-state index contributed by atoms with van der Waals surface area (Å²) in [4.78, 5) is 38.7. The maximum atomic E-state index is 12.9. The van der Waals surface area contributed by atoms with Crippen LogP contribution < -0.4 is 0 Å². The molecule has 0 radical (unpaired) electrons. The molecule has 34 heavy (non-hydrogen) atoms. The summed E-state index contributed by atoms with van der Waals surface area (Å²) in [5.74, 6) is -0.661. The molecule has 174 valence electrons. The molecule has 6 heteroatoms. The van der Waals surface area contributed by atoms with Crippen LogP contribution in [-0.4, -0.2) is 35.5 Å². The van der Waals surface area contributed by atoms with Crippen molar-refractivity contribution in [3.63, 3.8) is 0 Å². The largest absolute Gasteiger partial charge is 0.457 e. The van der Waals surface area contributed by atoms with E-state index in [-0.39, 0.29) is 37.6 Å². The van der Waals surface area contributed by atoms with Crippen LogP contribution in [0.15, 0.2) is 72.8 Å². The number of aryl methyl sites for hydroxylation is 2. The highest BCUT2D eigenvalue weighted by Gasteiger charge is 2.37. The van der Waals surface area contributed by atoms with Gasteiger partial charge in [-0.2, -0.15) is 0 Å². The van der Waals surface area contributed by atoms with Gasteiger partial charge in [0.05, 0.1) is 18.0 Å². The standard InChI is InChI=1S/C28H27NO5/c1-19-8-13-25(20(2)14-19)27(31)33-17-23-11-9-22(10-12-23)16-26(30)29-24(18-34-28(29)32)15-21-6-4-3-5-7-21/h3-14,24H,15-18H2,1-2H3/t24-/m1/s1. The number of ether oxygens (including phenoxy) is 2. The van der Waals surface area contributed by atoms with Gasteiger partial charge in [0.1, 0.15) is 13.2 Å². The minimum atomic E-state index is -0.596. The van der Waals surface area contributed by atoms with Crippen LogP contribution in [0.4, 0.5) is 4.79 Å². The third-order valence-electron chi connectivity index (χ3n) is 5.89. The molecule has 0 aromatic heterocycles. The Morgan fingerprint density at radius 3 is 2.35 bits per heavy atom. The van der Waals surface area contributed by atoms with Crippen molar-refractivity contribution >= 4 is 18.0 Å². The number of nitrogens with zero attached hydrogens (tertiary/aromatic N) is 1. The normalized spacial score (nSPS) is 15.2. The Balaban J connectivity index is 1.34. The highest BCUT2D eigenvalue weighted by atomic mass is 16.6. The molecule has 0 spiro atoms. The van der Waals surface area contributed by atoms with E-state index in [4.69, 9.17) is 9.47 Å². The first-order chi connectivity index (χ1) is 16.4. The maximum Gasteiger partial charge on any atom is 0.416 e. The summed E-state index contributed by atoms with van der Waals surface area (Å²) in [6.07, 6.45) is 0.0485. The molecule has 1 atom stereocenters. The van der Waals surface area contributed by atoms with Crippen LogP contribution in [0.3, 0.4) is 0 Å². The molecule has 2 amide bonds. The van der Waals surface area contributed by atoms with Crippen LogP contribution in [0.5, 0.6) is 0 Å². The van der Waals surface area contributed by atoms with Crippen molar-refractivity contribution in [1.82, 2.24) is 4.90 Å². The van der Waals surface area contributed by atoms with Crippen molar-refractivity contribution in [2.24, 2.45) is 0 Å². The second-order valence-electron chi connectivity index (χ2n) is 8.57. The summed E-state index contributed by atoms with van der Waals surface area (Å²) in [6.45, 7) is 4.20. The number of carbonyl (C=O) groups excluding carboxylic acids is 3. The van der Waals surface area contributed by atoms with E-state index < -0.39 is 6.09 Å². The average Bonchev–Trinajstić information content (AvgIpc) is 3.19. The number of hydrogen-bond acceptors (Lipinski definition) is 5. The van der Waals surface area contributed by atoms with E-state index in [1.165, 1.54) is 4.90 Å². The molecule has 0 unspecified atom stereocenters. The smallest absolute Gasteiger partial charge is 0.416 e. The molecule has 1 saturated heterocycles. The molecular weight excluding hydrogens is 430 g/mol. The molecule has 3 aromatic rings. The van der Waals surface area contributed by atoms with E-state index in [1.807, 2.05) is 80.6 Å². The SMILES string of the molecule is Cc1ccc(C(=O)OCc2ccc(CC(=O)N3C(=O)OC[C@H]3Cc3ccccc3)cc2)c(C)c1. The number of esters is 1. The predicted octanol–water partition coefficient (Wildman–Crippen LogP) is 4.79. The quantitative estimate of drug-likeness (QED) is 0.477. The van der Waals surface area contributed by atoms with Crippen molar-refractivity contribution in [3.8, 4) is 0 Å².